The summed E-state index contributed by atoms with van der Waals surface area (Å²) in [6.45, 7) is 23.0. The highest BCUT2D eigenvalue weighted by Gasteiger charge is 2.52. The van der Waals surface area contributed by atoms with Crippen LogP contribution in [0.3, 0.4) is 0 Å². The number of carbonyl (C=O) groups is 4. The molecule has 2 unspecified atom stereocenters. The molecular weight excluding hydrogens is 578 g/mol. The van der Waals surface area contributed by atoms with E-state index in [0.29, 0.717) is 24.0 Å². The van der Waals surface area contributed by atoms with Crippen LogP contribution in [0.25, 0.3) is 0 Å². The van der Waals surface area contributed by atoms with Crippen LogP contribution in [0.5, 0.6) is 0 Å². The number of esters is 1. The Kier molecular flexibility index (Phi) is 10.1. The van der Waals surface area contributed by atoms with Gasteiger partial charge < -0.3 is 15.8 Å². The summed E-state index contributed by atoms with van der Waals surface area (Å²) in [7, 11) is 3.72. The van der Waals surface area contributed by atoms with Crippen molar-refractivity contribution in [2.24, 2.45) is 33.0 Å². The highest BCUT2D eigenvalue weighted by molar-refractivity contribution is 6.32. The number of nitrogens with two attached hydrogens (primary N) is 1. The number of anilines is 2. The smallest absolute Gasteiger partial charge is 0.313 e. The first-order valence-electron chi connectivity index (χ1n) is 16.1. The quantitative estimate of drug-likeness (QED) is 0.134. The van der Waals surface area contributed by atoms with E-state index in [4.69, 9.17) is 10.5 Å². The topological polar surface area (TPSA) is 119 Å². The molecule has 1 amide bonds. The standard InChI is InChI=1S/C38H55N3O5/c1-34(2,3)31(37(9,10)20-36(7,8)21-38(11,35(4,5)6)33(45)46-22-41(12)13)32(44)40-26-19-18-25(39)27-28(26)30(43)24-17-15-14-16-23(24)29(27)42/h14-19,31H,20-22,39H2,1-13H3,(H,40,44). The molecule has 0 saturated carbocycles. The summed E-state index contributed by atoms with van der Waals surface area (Å²) >= 11 is 0. The Hall–Kier alpha value is -3.52. The second kappa shape index (κ2) is 12.6. The van der Waals surface area contributed by atoms with Gasteiger partial charge in [0.1, 0.15) is 6.73 Å². The van der Waals surface area contributed by atoms with Crippen LogP contribution in [0.15, 0.2) is 36.4 Å². The molecule has 2 aromatic rings. The maximum atomic E-state index is 14.4. The number of hydrogen-bond acceptors (Lipinski definition) is 7. The highest BCUT2D eigenvalue weighted by Crippen LogP contribution is 2.54. The molecule has 252 valence electrons. The van der Waals surface area contributed by atoms with Gasteiger partial charge in [-0.25, -0.2) is 0 Å². The first-order valence-corrected chi connectivity index (χ1v) is 16.1. The second-order valence-electron chi connectivity index (χ2n) is 17.2. The lowest BCUT2D eigenvalue weighted by molar-refractivity contribution is -0.169. The minimum Gasteiger partial charge on any atom is -0.449 e. The van der Waals surface area contributed by atoms with Crippen molar-refractivity contribution >= 4 is 34.8 Å². The van der Waals surface area contributed by atoms with Gasteiger partial charge in [-0.3, -0.25) is 24.1 Å². The summed E-state index contributed by atoms with van der Waals surface area (Å²) in [6, 6.07) is 9.84. The fraction of sp³-hybridized carbons (Fsp3) is 0.579. The number of carbonyl (C=O) groups excluding carboxylic acids is 4. The van der Waals surface area contributed by atoms with Crippen molar-refractivity contribution in [2.75, 3.05) is 31.9 Å². The van der Waals surface area contributed by atoms with E-state index in [9.17, 15) is 19.2 Å². The van der Waals surface area contributed by atoms with E-state index in [1.165, 1.54) is 0 Å². The number of fused-ring (bicyclic) bond motifs is 2. The highest BCUT2D eigenvalue weighted by atomic mass is 16.5. The lowest BCUT2D eigenvalue weighted by atomic mass is 9.55. The number of nitrogens with one attached hydrogen (secondary N) is 1. The zero-order chi connectivity index (χ0) is 35.2. The molecule has 0 aromatic heterocycles. The molecule has 1 aliphatic rings. The van der Waals surface area contributed by atoms with Crippen LogP contribution in [0.4, 0.5) is 11.4 Å². The minimum absolute atomic E-state index is 0.122. The summed E-state index contributed by atoms with van der Waals surface area (Å²) in [6.07, 6.45) is 1.19. The van der Waals surface area contributed by atoms with E-state index in [2.05, 4.69) is 53.8 Å². The van der Waals surface area contributed by atoms with Crippen LogP contribution in [0, 0.1) is 33.0 Å². The predicted octanol–water partition coefficient (Wildman–Crippen LogP) is 7.59. The SMILES string of the molecule is CN(C)COC(=O)C(C)(CC(C)(C)CC(C)(C)C(C(=O)Nc1ccc(N)c2c1C(=O)c1ccccc1C2=O)C(C)(C)C)C(C)(C)C. The molecular formula is C38H55N3O5. The molecule has 0 bridgehead atoms. The molecule has 3 rings (SSSR count). The van der Waals surface area contributed by atoms with Crippen molar-refractivity contribution in [3.63, 3.8) is 0 Å². The monoisotopic (exact) mass is 633 g/mol. The van der Waals surface area contributed by atoms with Gasteiger partial charge in [0.15, 0.2) is 11.6 Å². The number of amides is 1. The fourth-order valence-electron chi connectivity index (χ4n) is 7.82. The van der Waals surface area contributed by atoms with Crippen LogP contribution in [-0.2, 0) is 14.3 Å². The van der Waals surface area contributed by atoms with Crippen molar-refractivity contribution < 1.29 is 23.9 Å². The first kappa shape index (κ1) is 36.9. The molecule has 3 N–H and O–H groups in total. The van der Waals surface area contributed by atoms with Gasteiger partial charge >= 0.3 is 5.97 Å². The summed E-state index contributed by atoms with van der Waals surface area (Å²) in [5, 5.41) is 3.05. The molecule has 8 nitrogen and oxygen atoms in total. The van der Waals surface area contributed by atoms with Crippen LogP contribution in [-0.4, -0.2) is 49.2 Å². The third-order valence-electron chi connectivity index (χ3n) is 9.60. The van der Waals surface area contributed by atoms with E-state index in [1.54, 1.807) is 36.4 Å². The molecule has 0 heterocycles. The maximum absolute atomic E-state index is 14.4. The van der Waals surface area contributed by atoms with Gasteiger partial charge in [0, 0.05) is 22.7 Å². The predicted molar refractivity (Wildman–Crippen MR) is 185 cm³/mol. The Morgan fingerprint density at radius 3 is 1.80 bits per heavy atom. The average Bonchev–Trinajstić information content (AvgIpc) is 2.88. The van der Waals surface area contributed by atoms with Crippen molar-refractivity contribution in [3.8, 4) is 0 Å². The van der Waals surface area contributed by atoms with Crippen molar-refractivity contribution in [1.29, 1.82) is 0 Å². The van der Waals surface area contributed by atoms with Gasteiger partial charge in [0.25, 0.3) is 0 Å². The third kappa shape index (κ3) is 7.38. The number of hydrogen-bond donors (Lipinski definition) is 2. The van der Waals surface area contributed by atoms with Crippen molar-refractivity contribution in [2.45, 2.75) is 89.0 Å². The number of benzene rings is 2. The Labute approximate surface area is 275 Å². The van der Waals surface area contributed by atoms with Gasteiger partial charge in [-0.2, -0.15) is 0 Å². The number of ketones is 2. The number of nitrogens with zero attached hydrogens (tertiary/aromatic N) is 1. The van der Waals surface area contributed by atoms with E-state index < -0.39 is 22.2 Å². The van der Waals surface area contributed by atoms with Crippen molar-refractivity contribution in [3.05, 3.63) is 58.7 Å². The molecule has 8 heteroatoms. The number of rotatable bonds is 10. The number of ether oxygens (including phenoxy) is 1. The third-order valence-corrected chi connectivity index (χ3v) is 9.60. The normalized spacial score (nSPS) is 16.0. The zero-order valence-electron chi connectivity index (χ0n) is 30.2. The van der Waals surface area contributed by atoms with Gasteiger partial charge in [-0.1, -0.05) is 93.5 Å². The van der Waals surface area contributed by atoms with Gasteiger partial charge in [0.05, 0.1) is 22.2 Å². The van der Waals surface area contributed by atoms with E-state index in [1.807, 2.05) is 46.7 Å². The molecule has 0 radical (unpaired) electrons. The number of nitrogen functional groups attached to an aromatic ring is 1. The minimum atomic E-state index is -0.783. The van der Waals surface area contributed by atoms with Gasteiger partial charge in [-0.05, 0) is 67.7 Å². The van der Waals surface area contributed by atoms with Gasteiger partial charge in [0.2, 0.25) is 5.91 Å². The van der Waals surface area contributed by atoms with E-state index in [-0.39, 0.29) is 63.5 Å². The zero-order valence-corrected chi connectivity index (χ0v) is 30.2. The maximum Gasteiger partial charge on any atom is 0.313 e. The van der Waals surface area contributed by atoms with E-state index in [0.717, 1.165) is 0 Å². The van der Waals surface area contributed by atoms with Crippen molar-refractivity contribution in [1.82, 2.24) is 4.90 Å². The summed E-state index contributed by atoms with van der Waals surface area (Å²) in [5.74, 6) is -1.67. The molecule has 0 saturated heterocycles. The molecule has 0 spiro atoms. The molecule has 0 aliphatic heterocycles. The summed E-state index contributed by atoms with van der Waals surface area (Å²) in [5.41, 5.74) is 5.01. The Bertz CT molecular complexity index is 1520. The first-order chi connectivity index (χ1) is 20.8. The molecule has 46 heavy (non-hydrogen) atoms. The average molecular weight is 634 g/mol. The second-order valence-corrected chi connectivity index (χ2v) is 17.2. The Morgan fingerprint density at radius 1 is 0.804 bits per heavy atom. The fourth-order valence-corrected chi connectivity index (χ4v) is 7.82. The molecule has 0 fully saturated rings. The van der Waals surface area contributed by atoms with Crippen LogP contribution >= 0.6 is 0 Å². The molecule has 1 aliphatic carbocycles. The summed E-state index contributed by atoms with van der Waals surface area (Å²) in [4.78, 5) is 56.9. The molecule has 2 aromatic carbocycles. The van der Waals surface area contributed by atoms with Crippen LogP contribution in [0.1, 0.15) is 121 Å². The lowest BCUT2D eigenvalue weighted by Crippen LogP contribution is -2.48. The summed E-state index contributed by atoms with van der Waals surface area (Å²) < 4.78 is 5.73. The van der Waals surface area contributed by atoms with Crippen LogP contribution < -0.4 is 11.1 Å². The Morgan fingerprint density at radius 2 is 1.33 bits per heavy atom. The molecule has 2 atom stereocenters. The van der Waals surface area contributed by atoms with Crippen LogP contribution in [0.2, 0.25) is 0 Å². The largest absolute Gasteiger partial charge is 0.449 e. The van der Waals surface area contributed by atoms with Gasteiger partial charge in [-0.15, -0.1) is 0 Å². The Balaban J connectivity index is 1.98. The lowest BCUT2D eigenvalue weighted by Gasteiger charge is -2.49. The van der Waals surface area contributed by atoms with E-state index >= 15 is 0 Å².